The van der Waals surface area contributed by atoms with Crippen molar-refractivity contribution in [1.29, 1.82) is 0 Å². The fourth-order valence-corrected chi connectivity index (χ4v) is 2.17. The second-order valence-electron chi connectivity index (χ2n) is 5.41. The summed E-state index contributed by atoms with van der Waals surface area (Å²) in [6.45, 7) is 1.88. The van der Waals surface area contributed by atoms with Gasteiger partial charge in [-0.2, -0.15) is 4.98 Å². The van der Waals surface area contributed by atoms with E-state index in [2.05, 4.69) is 20.2 Å². The number of halogens is 1. The number of nitrogens with one attached hydrogen (secondary N) is 1. The van der Waals surface area contributed by atoms with Gasteiger partial charge in [-0.25, -0.2) is 9.37 Å². The number of nitrogens with zero attached hydrogens (tertiary/aromatic N) is 3. The maximum atomic E-state index is 13.9. The first kappa shape index (κ1) is 11.7. The molecular formula is C13H19FN4. The lowest BCUT2D eigenvalue weighted by atomic mass is 10.3. The summed E-state index contributed by atoms with van der Waals surface area (Å²) in [7, 11) is 1.75. The fraction of sp³-hybridized carbons (Fsp3) is 0.692. The Hall–Kier alpha value is -1.39. The third-order valence-corrected chi connectivity index (χ3v) is 3.60. The van der Waals surface area contributed by atoms with E-state index in [1.807, 2.05) is 0 Å². The highest BCUT2D eigenvalue weighted by molar-refractivity contribution is 5.44. The predicted octanol–water partition coefficient (Wildman–Crippen LogP) is 2.28. The third kappa shape index (κ3) is 2.71. The van der Waals surface area contributed by atoms with Gasteiger partial charge in [0.05, 0.1) is 6.20 Å². The van der Waals surface area contributed by atoms with Crippen molar-refractivity contribution in [2.75, 3.05) is 30.4 Å². The average Bonchev–Trinajstić information content (AvgIpc) is 3.24. The van der Waals surface area contributed by atoms with E-state index in [1.54, 1.807) is 7.05 Å². The van der Waals surface area contributed by atoms with Crippen LogP contribution < -0.4 is 10.2 Å². The van der Waals surface area contributed by atoms with Gasteiger partial charge in [0.1, 0.15) is 0 Å². The summed E-state index contributed by atoms with van der Waals surface area (Å²) >= 11 is 0. The number of anilines is 2. The molecule has 1 heterocycles. The first-order valence-corrected chi connectivity index (χ1v) is 6.71. The van der Waals surface area contributed by atoms with Crippen molar-refractivity contribution in [3.05, 3.63) is 12.0 Å². The summed E-state index contributed by atoms with van der Waals surface area (Å²) in [5.41, 5.74) is 0. The molecule has 1 aromatic heterocycles. The highest BCUT2D eigenvalue weighted by Crippen LogP contribution is 2.35. The molecule has 2 fully saturated rings. The van der Waals surface area contributed by atoms with Crippen LogP contribution in [0.15, 0.2) is 6.20 Å². The van der Waals surface area contributed by atoms with Crippen molar-refractivity contribution in [3.63, 3.8) is 0 Å². The number of hydrogen-bond donors (Lipinski definition) is 1. The van der Waals surface area contributed by atoms with E-state index in [9.17, 15) is 4.39 Å². The van der Waals surface area contributed by atoms with Crippen molar-refractivity contribution in [2.45, 2.75) is 25.7 Å². The molecule has 0 spiro atoms. The smallest absolute Gasteiger partial charge is 0.224 e. The zero-order valence-corrected chi connectivity index (χ0v) is 10.7. The van der Waals surface area contributed by atoms with Gasteiger partial charge < -0.3 is 10.2 Å². The molecule has 5 heteroatoms. The Kier molecular flexibility index (Phi) is 3.06. The molecule has 2 aliphatic carbocycles. The third-order valence-electron chi connectivity index (χ3n) is 3.60. The van der Waals surface area contributed by atoms with Gasteiger partial charge in [-0.3, -0.25) is 0 Å². The van der Waals surface area contributed by atoms with Crippen LogP contribution >= 0.6 is 0 Å². The molecule has 2 aliphatic rings. The Morgan fingerprint density at radius 2 is 1.89 bits per heavy atom. The first-order valence-electron chi connectivity index (χ1n) is 6.71. The lowest BCUT2D eigenvalue weighted by Crippen LogP contribution is -2.30. The fourth-order valence-electron chi connectivity index (χ4n) is 2.17. The standard InChI is InChI=1S/C13H19FN4/c1-15-13-16-6-11(14)12(17-13)18(7-9-2-3-9)8-10-4-5-10/h6,9-10H,2-5,7-8H2,1H3,(H,15,16,17). The van der Waals surface area contributed by atoms with Crippen LogP contribution in [0.4, 0.5) is 16.2 Å². The van der Waals surface area contributed by atoms with Gasteiger partial charge in [-0.1, -0.05) is 0 Å². The first-order chi connectivity index (χ1) is 8.76. The minimum Gasteiger partial charge on any atom is -0.357 e. The highest BCUT2D eigenvalue weighted by Gasteiger charge is 2.31. The van der Waals surface area contributed by atoms with Gasteiger partial charge in [0.15, 0.2) is 11.6 Å². The van der Waals surface area contributed by atoms with E-state index in [4.69, 9.17) is 0 Å². The Morgan fingerprint density at radius 1 is 1.28 bits per heavy atom. The molecule has 4 nitrogen and oxygen atoms in total. The maximum Gasteiger partial charge on any atom is 0.224 e. The van der Waals surface area contributed by atoms with Crippen LogP contribution in [0.5, 0.6) is 0 Å². The summed E-state index contributed by atoms with van der Waals surface area (Å²) in [5.74, 6) is 2.11. The molecule has 0 aromatic carbocycles. The zero-order valence-electron chi connectivity index (χ0n) is 10.7. The average molecular weight is 250 g/mol. The summed E-state index contributed by atoms with van der Waals surface area (Å²) in [5, 5.41) is 2.87. The van der Waals surface area contributed by atoms with Gasteiger partial charge in [-0.05, 0) is 37.5 Å². The largest absolute Gasteiger partial charge is 0.357 e. The predicted molar refractivity (Wildman–Crippen MR) is 69.2 cm³/mol. The summed E-state index contributed by atoms with van der Waals surface area (Å²) in [6, 6.07) is 0. The van der Waals surface area contributed by atoms with E-state index in [0.29, 0.717) is 11.8 Å². The lowest BCUT2D eigenvalue weighted by molar-refractivity contribution is 0.587. The molecule has 0 aliphatic heterocycles. The molecule has 0 amide bonds. The second-order valence-corrected chi connectivity index (χ2v) is 5.41. The van der Waals surface area contributed by atoms with E-state index in [0.717, 1.165) is 24.9 Å². The summed E-state index contributed by atoms with van der Waals surface area (Å²) in [6.07, 6.45) is 6.35. The molecule has 3 rings (SSSR count). The minimum absolute atomic E-state index is 0.310. The molecule has 0 atom stereocenters. The Morgan fingerprint density at radius 3 is 2.39 bits per heavy atom. The number of hydrogen-bond acceptors (Lipinski definition) is 4. The van der Waals surface area contributed by atoms with Gasteiger partial charge in [-0.15, -0.1) is 0 Å². The topological polar surface area (TPSA) is 41.1 Å². The van der Waals surface area contributed by atoms with Crippen LogP contribution in [0.25, 0.3) is 0 Å². The van der Waals surface area contributed by atoms with Crippen molar-refractivity contribution >= 4 is 11.8 Å². The molecule has 0 radical (unpaired) electrons. The van der Waals surface area contributed by atoms with Gasteiger partial charge in [0, 0.05) is 20.1 Å². The molecule has 0 bridgehead atoms. The van der Waals surface area contributed by atoms with Crippen molar-refractivity contribution in [1.82, 2.24) is 9.97 Å². The van der Waals surface area contributed by atoms with Crippen LogP contribution in [-0.2, 0) is 0 Å². The lowest BCUT2D eigenvalue weighted by Gasteiger charge is -2.24. The molecule has 18 heavy (non-hydrogen) atoms. The van der Waals surface area contributed by atoms with Crippen LogP contribution in [0.2, 0.25) is 0 Å². The molecule has 0 unspecified atom stereocenters. The van der Waals surface area contributed by atoms with E-state index in [1.165, 1.54) is 31.9 Å². The van der Waals surface area contributed by atoms with E-state index in [-0.39, 0.29) is 5.82 Å². The van der Waals surface area contributed by atoms with E-state index >= 15 is 0 Å². The molecule has 1 N–H and O–H groups in total. The Balaban J connectivity index is 1.81. The Labute approximate surface area is 107 Å². The highest BCUT2D eigenvalue weighted by atomic mass is 19.1. The van der Waals surface area contributed by atoms with Crippen molar-refractivity contribution in [2.24, 2.45) is 11.8 Å². The quantitative estimate of drug-likeness (QED) is 0.841. The number of rotatable bonds is 6. The van der Waals surface area contributed by atoms with Gasteiger partial charge in [0.25, 0.3) is 0 Å². The molecular weight excluding hydrogens is 231 g/mol. The van der Waals surface area contributed by atoms with Crippen LogP contribution in [-0.4, -0.2) is 30.1 Å². The molecule has 0 saturated heterocycles. The van der Waals surface area contributed by atoms with Crippen molar-refractivity contribution in [3.8, 4) is 0 Å². The van der Waals surface area contributed by atoms with E-state index < -0.39 is 0 Å². The minimum atomic E-state index is -0.310. The normalized spacial score (nSPS) is 18.8. The van der Waals surface area contributed by atoms with Crippen LogP contribution in [0, 0.1) is 17.7 Å². The van der Waals surface area contributed by atoms with Crippen LogP contribution in [0.3, 0.4) is 0 Å². The molecule has 1 aromatic rings. The SMILES string of the molecule is CNc1ncc(F)c(N(CC2CC2)CC2CC2)n1. The summed E-state index contributed by atoms with van der Waals surface area (Å²) in [4.78, 5) is 10.3. The van der Waals surface area contributed by atoms with Crippen LogP contribution in [0.1, 0.15) is 25.7 Å². The van der Waals surface area contributed by atoms with Gasteiger partial charge >= 0.3 is 0 Å². The second kappa shape index (κ2) is 4.71. The summed E-state index contributed by atoms with van der Waals surface area (Å²) < 4.78 is 13.9. The van der Waals surface area contributed by atoms with Crippen molar-refractivity contribution < 1.29 is 4.39 Å². The maximum absolute atomic E-state index is 13.9. The Bertz CT molecular complexity index is 415. The molecule has 2 saturated carbocycles. The molecule has 98 valence electrons. The zero-order chi connectivity index (χ0) is 12.5. The van der Waals surface area contributed by atoms with Gasteiger partial charge in [0.2, 0.25) is 5.95 Å². The monoisotopic (exact) mass is 250 g/mol. The number of aromatic nitrogens is 2.